The molecule has 2 aromatic heterocycles. The molecule has 11 nitrogen and oxygen atoms in total. The van der Waals surface area contributed by atoms with Crippen molar-refractivity contribution in [2.75, 3.05) is 13.2 Å². The number of carbonyl (C=O) groups is 1. The van der Waals surface area contributed by atoms with Crippen LogP contribution >= 0.6 is 0 Å². The number of halogens is 3. The Kier molecular flexibility index (Phi) is 7.51. The van der Waals surface area contributed by atoms with E-state index in [0.717, 1.165) is 37.9 Å². The van der Waals surface area contributed by atoms with Crippen LogP contribution in [0, 0.1) is 0 Å². The number of fused-ring (bicyclic) bond motifs is 4. The van der Waals surface area contributed by atoms with Crippen LogP contribution in [0.3, 0.4) is 0 Å². The molecule has 6 atom stereocenters. The molecule has 0 saturated carbocycles. The van der Waals surface area contributed by atoms with Gasteiger partial charge in [0.25, 0.3) is 16.1 Å². The van der Waals surface area contributed by atoms with Gasteiger partial charge in [-0.3, -0.25) is 9.78 Å². The zero-order chi connectivity index (χ0) is 29.9. The van der Waals surface area contributed by atoms with Crippen molar-refractivity contribution in [3.63, 3.8) is 0 Å². The highest BCUT2D eigenvalue weighted by Gasteiger charge is 2.54. The molecule has 0 radical (unpaired) electrons. The lowest BCUT2D eigenvalue weighted by atomic mass is 9.99. The van der Waals surface area contributed by atoms with Gasteiger partial charge in [0.05, 0.1) is 30.4 Å². The molecule has 2 N–H and O–H groups in total. The van der Waals surface area contributed by atoms with Crippen LogP contribution in [0.25, 0.3) is 0 Å². The quantitative estimate of drug-likeness (QED) is 0.459. The molecular formula is C28H35F3N6O5S. The van der Waals surface area contributed by atoms with Gasteiger partial charge in [-0.1, -0.05) is 5.16 Å². The summed E-state index contributed by atoms with van der Waals surface area (Å²) in [6.45, 7) is 1.44. The monoisotopic (exact) mass is 624 g/mol. The van der Waals surface area contributed by atoms with E-state index in [1.54, 1.807) is 14.7 Å². The van der Waals surface area contributed by atoms with Crippen LogP contribution in [0.1, 0.15) is 84.8 Å². The van der Waals surface area contributed by atoms with Gasteiger partial charge >= 0.3 is 6.18 Å². The van der Waals surface area contributed by atoms with E-state index >= 15 is 0 Å². The van der Waals surface area contributed by atoms with Crippen molar-refractivity contribution in [2.24, 2.45) is 0 Å². The van der Waals surface area contributed by atoms with Crippen LogP contribution < -0.4 is 10.6 Å². The number of nitrogens with one attached hydrogen (secondary N) is 2. The fourth-order valence-electron chi connectivity index (χ4n) is 7.61. The minimum atomic E-state index is -4.42. The van der Waals surface area contributed by atoms with E-state index < -0.39 is 21.9 Å². The Hall–Kier alpha value is -2.59. The molecule has 15 heteroatoms. The summed E-state index contributed by atoms with van der Waals surface area (Å²) in [7, 11) is -3.70. The molecule has 234 valence electrons. The van der Waals surface area contributed by atoms with Gasteiger partial charge in [0.1, 0.15) is 5.76 Å². The fraction of sp³-hybridized carbons (Fsp3) is 0.679. The Balaban J connectivity index is 0.952. The Morgan fingerprint density at radius 1 is 0.953 bits per heavy atom. The average molecular weight is 625 g/mol. The lowest BCUT2D eigenvalue weighted by Gasteiger charge is -2.45. The van der Waals surface area contributed by atoms with E-state index in [0.29, 0.717) is 56.9 Å². The topological polar surface area (TPSA) is 130 Å². The van der Waals surface area contributed by atoms with Gasteiger partial charge in [-0.05, 0) is 63.5 Å². The summed E-state index contributed by atoms with van der Waals surface area (Å²) in [4.78, 5) is 16.8. The number of nitrogens with zero attached hydrogens (tertiary/aromatic N) is 4. The van der Waals surface area contributed by atoms with Crippen molar-refractivity contribution in [1.29, 1.82) is 0 Å². The number of carbonyl (C=O) groups excluding carboxylic acids is 1. The van der Waals surface area contributed by atoms with E-state index in [-0.39, 0.29) is 53.8 Å². The minimum absolute atomic E-state index is 0.0552. The van der Waals surface area contributed by atoms with Crippen molar-refractivity contribution < 1.29 is 35.6 Å². The van der Waals surface area contributed by atoms with Crippen LogP contribution in [0.15, 0.2) is 28.9 Å². The third-order valence-electron chi connectivity index (χ3n) is 9.73. The van der Waals surface area contributed by atoms with Crippen molar-refractivity contribution in [2.45, 2.75) is 106 Å². The summed E-state index contributed by atoms with van der Waals surface area (Å²) in [6.07, 6.45) is 1.91. The maximum atomic E-state index is 14.1. The number of aromatic nitrogens is 2. The Morgan fingerprint density at radius 3 is 2.07 bits per heavy atom. The van der Waals surface area contributed by atoms with Crippen molar-refractivity contribution in [3.05, 3.63) is 47.1 Å². The van der Waals surface area contributed by atoms with Gasteiger partial charge in [0.15, 0.2) is 5.69 Å². The largest absolute Gasteiger partial charge is 0.417 e. The normalized spacial score (nSPS) is 31.7. The summed E-state index contributed by atoms with van der Waals surface area (Å²) in [6, 6.07) is 3.38. The molecule has 0 spiro atoms. The van der Waals surface area contributed by atoms with Crippen molar-refractivity contribution in [1.82, 2.24) is 29.4 Å². The van der Waals surface area contributed by atoms with Crippen molar-refractivity contribution >= 4 is 16.1 Å². The predicted molar refractivity (Wildman–Crippen MR) is 146 cm³/mol. The highest BCUT2D eigenvalue weighted by molar-refractivity contribution is 7.86. The second-order valence-corrected chi connectivity index (χ2v) is 14.3. The summed E-state index contributed by atoms with van der Waals surface area (Å²) in [5.41, 5.74) is -0.0396. The number of piperidine rings is 2. The zero-order valence-electron chi connectivity index (χ0n) is 23.5. The Morgan fingerprint density at radius 2 is 1.56 bits per heavy atom. The van der Waals surface area contributed by atoms with Crippen molar-refractivity contribution in [3.8, 4) is 0 Å². The molecule has 7 heterocycles. The summed E-state index contributed by atoms with van der Waals surface area (Å²) < 4.78 is 80.7. The van der Waals surface area contributed by atoms with E-state index in [2.05, 4.69) is 20.8 Å². The van der Waals surface area contributed by atoms with Gasteiger partial charge in [0.2, 0.25) is 0 Å². The maximum Gasteiger partial charge on any atom is 0.417 e. The lowest BCUT2D eigenvalue weighted by Crippen LogP contribution is -2.60. The molecule has 5 fully saturated rings. The first kappa shape index (κ1) is 29.1. The molecule has 5 aliphatic rings. The van der Waals surface area contributed by atoms with E-state index in [1.807, 2.05) is 0 Å². The lowest BCUT2D eigenvalue weighted by molar-refractivity contribution is -0.137. The van der Waals surface area contributed by atoms with Crippen LogP contribution in [0.4, 0.5) is 13.2 Å². The molecule has 2 unspecified atom stereocenters. The number of hydrogen-bond donors (Lipinski definition) is 2. The highest BCUT2D eigenvalue weighted by atomic mass is 32.2. The molecule has 7 rings (SSSR count). The SMILES string of the molecule is O=C(NC1C[C@H]2CC[C@@H](C1)N2S(=O)(=O)N1[C@@H]2CC[C@H]1CC(NCc1ccc(C(F)(F)F)cn1)C2)c1cc(C2COC2)on1. The van der Waals surface area contributed by atoms with Gasteiger partial charge in [0, 0.05) is 55.1 Å². The average Bonchev–Trinajstić information content (AvgIpc) is 3.60. The standard InChI is InChI=1S/C28H35F3N6O5S/c29-28(30,31)17-1-2-18(32-12-17)13-33-19-7-21-3-4-22(8-19)36(21)43(39,40)37-23-5-6-24(37)10-20(9-23)34-27(38)25-11-26(42-35-25)16-14-41-15-16/h1-2,11-12,16,19-24,33H,3-10,13-15H2,(H,34,38)/t19?,20?,21-,22+,23-,24+. The third kappa shape index (κ3) is 5.58. The molecule has 5 saturated heterocycles. The van der Waals surface area contributed by atoms with Gasteiger partial charge in [-0.15, -0.1) is 0 Å². The minimum Gasteiger partial charge on any atom is -0.380 e. The first-order chi connectivity index (χ1) is 20.6. The molecular weight excluding hydrogens is 589 g/mol. The summed E-state index contributed by atoms with van der Waals surface area (Å²) in [5.74, 6) is 0.461. The van der Waals surface area contributed by atoms with Crippen LogP contribution in [0.2, 0.25) is 0 Å². The summed E-state index contributed by atoms with van der Waals surface area (Å²) >= 11 is 0. The first-order valence-corrected chi connectivity index (χ1v) is 16.4. The molecule has 5 aliphatic heterocycles. The molecule has 2 aromatic rings. The molecule has 43 heavy (non-hydrogen) atoms. The van der Waals surface area contributed by atoms with Gasteiger partial charge in [-0.2, -0.15) is 30.2 Å². The summed E-state index contributed by atoms with van der Waals surface area (Å²) in [5, 5.41) is 10.4. The highest BCUT2D eigenvalue weighted by Crippen LogP contribution is 2.44. The molecule has 4 bridgehead atoms. The van der Waals surface area contributed by atoms with E-state index in [9.17, 15) is 26.4 Å². The zero-order valence-corrected chi connectivity index (χ0v) is 24.3. The predicted octanol–water partition coefficient (Wildman–Crippen LogP) is 2.96. The number of ether oxygens (including phenoxy) is 1. The van der Waals surface area contributed by atoms with E-state index in [4.69, 9.17) is 9.26 Å². The fourth-order valence-corrected chi connectivity index (χ4v) is 10.1. The number of pyridine rings is 1. The first-order valence-electron chi connectivity index (χ1n) is 15.0. The Labute approximate surface area is 247 Å². The maximum absolute atomic E-state index is 14.1. The Bertz CT molecular complexity index is 1420. The second-order valence-electron chi connectivity index (χ2n) is 12.5. The van der Waals surface area contributed by atoms with Crippen LogP contribution in [-0.4, -0.2) is 82.5 Å². The number of alkyl halides is 3. The second kappa shape index (κ2) is 11.1. The smallest absolute Gasteiger partial charge is 0.380 e. The number of hydrogen-bond acceptors (Lipinski definition) is 8. The van der Waals surface area contributed by atoms with Crippen LogP contribution in [0.5, 0.6) is 0 Å². The molecule has 0 aromatic carbocycles. The van der Waals surface area contributed by atoms with Gasteiger partial charge < -0.3 is 19.9 Å². The van der Waals surface area contributed by atoms with Crippen LogP contribution in [-0.2, 0) is 27.7 Å². The van der Waals surface area contributed by atoms with Gasteiger partial charge in [-0.25, -0.2) is 0 Å². The van der Waals surface area contributed by atoms with E-state index in [1.165, 1.54) is 6.07 Å². The number of amides is 1. The third-order valence-corrected chi connectivity index (χ3v) is 12.0. The number of rotatable bonds is 8. The molecule has 0 aliphatic carbocycles. The molecule has 1 amide bonds.